The summed E-state index contributed by atoms with van der Waals surface area (Å²) in [5.74, 6) is 0.624. The van der Waals surface area contributed by atoms with Gasteiger partial charge in [0.15, 0.2) is 0 Å². The lowest BCUT2D eigenvalue weighted by atomic mass is 9.95. The Balaban J connectivity index is 1.49. The molecule has 6 nitrogen and oxygen atoms in total. The van der Waals surface area contributed by atoms with Gasteiger partial charge in [0.1, 0.15) is 5.75 Å². The Morgan fingerprint density at radius 2 is 2.04 bits per heavy atom. The number of carbonyl (C=O) groups is 2. The van der Waals surface area contributed by atoms with Crippen molar-refractivity contribution in [1.29, 1.82) is 0 Å². The van der Waals surface area contributed by atoms with E-state index in [1.165, 1.54) is 0 Å². The third-order valence-electron chi connectivity index (χ3n) is 5.45. The van der Waals surface area contributed by atoms with E-state index in [2.05, 4.69) is 10.2 Å². The molecular weight excluding hydrogens is 318 g/mol. The zero-order valence-electron chi connectivity index (χ0n) is 14.8. The first-order valence-electron chi connectivity index (χ1n) is 9.00. The lowest BCUT2D eigenvalue weighted by molar-refractivity contribution is -0.125. The molecule has 136 valence electrons. The number of benzene rings is 1. The van der Waals surface area contributed by atoms with Crippen molar-refractivity contribution < 1.29 is 14.3 Å². The highest BCUT2D eigenvalue weighted by molar-refractivity contribution is 5.91. The number of hydrogen-bond acceptors (Lipinski definition) is 4. The fourth-order valence-corrected chi connectivity index (χ4v) is 3.67. The van der Waals surface area contributed by atoms with E-state index in [1.54, 1.807) is 7.11 Å². The molecule has 25 heavy (non-hydrogen) atoms. The lowest BCUT2D eigenvalue weighted by Crippen LogP contribution is -2.45. The number of piperidine rings is 1. The first kappa shape index (κ1) is 17.7. The first-order valence-corrected chi connectivity index (χ1v) is 9.00. The summed E-state index contributed by atoms with van der Waals surface area (Å²) >= 11 is 0. The summed E-state index contributed by atoms with van der Waals surface area (Å²) in [4.78, 5) is 26.2. The monoisotopic (exact) mass is 345 g/mol. The third kappa shape index (κ3) is 3.95. The van der Waals surface area contributed by atoms with Crippen LogP contribution >= 0.6 is 0 Å². The molecule has 1 aromatic carbocycles. The van der Waals surface area contributed by atoms with Crippen molar-refractivity contribution >= 4 is 11.8 Å². The van der Waals surface area contributed by atoms with Crippen molar-refractivity contribution in [3.63, 3.8) is 0 Å². The van der Waals surface area contributed by atoms with E-state index < -0.39 is 0 Å². The van der Waals surface area contributed by atoms with E-state index in [9.17, 15) is 9.59 Å². The molecule has 0 radical (unpaired) electrons. The Morgan fingerprint density at radius 1 is 1.32 bits per heavy atom. The van der Waals surface area contributed by atoms with E-state index >= 15 is 0 Å². The minimum Gasteiger partial charge on any atom is -0.497 e. The lowest BCUT2D eigenvalue weighted by Gasteiger charge is -2.31. The molecule has 2 aliphatic rings. The molecule has 1 atom stereocenters. The molecule has 3 N–H and O–H groups in total. The fraction of sp³-hybridized carbons (Fsp3) is 0.579. The molecule has 1 saturated carbocycles. The maximum atomic E-state index is 12.7. The molecule has 1 aromatic rings. The minimum absolute atomic E-state index is 0.0569. The Bertz CT molecular complexity index is 625. The molecule has 2 fully saturated rings. The van der Waals surface area contributed by atoms with Crippen LogP contribution in [0.1, 0.15) is 31.2 Å². The second-order valence-corrected chi connectivity index (χ2v) is 7.11. The predicted octanol–water partition coefficient (Wildman–Crippen LogP) is 1.04. The maximum Gasteiger partial charge on any atom is 0.230 e. The molecule has 1 saturated heterocycles. The first-order chi connectivity index (χ1) is 12.0. The largest absolute Gasteiger partial charge is 0.497 e. The summed E-state index contributed by atoms with van der Waals surface area (Å²) in [7, 11) is 1.64. The van der Waals surface area contributed by atoms with Crippen molar-refractivity contribution in [2.24, 2.45) is 11.7 Å². The van der Waals surface area contributed by atoms with Crippen LogP contribution in [-0.4, -0.2) is 50.0 Å². The van der Waals surface area contributed by atoms with Gasteiger partial charge in [-0.25, -0.2) is 0 Å². The smallest absolute Gasteiger partial charge is 0.230 e. The second kappa shape index (κ2) is 7.44. The molecule has 3 rings (SSSR count). The quantitative estimate of drug-likeness (QED) is 0.773. The van der Waals surface area contributed by atoms with E-state index in [4.69, 9.17) is 10.5 Å². The van der Waals surface area contributed by atoms with Gasteiger partial charge in [0, 0.05) is 19.6 Å². The Hall–Kier alpha value is -2.08. The summed E-state index contributed by atoms with van der Waals surface area (Å²) < 4.78 is 5.18. The molecule has 0 aromatic heterocycles. The Morgan fingerprint density at radius 3 is 2.64 bits per heavy atom. The van der Waals surface area contributed by atoms with Gasteiger partial charge in [0.25, 0.3) is 0 Å². The van der Waals surface area contributed by atoms with Crippen molar-refractivity contribution in [2.75, 3.05) is 33.3 Å². The van der Waals surface area contributed by atoms with E-state index in [0.29, 0.717) is 13.1 Å². The molecule has 6 heteroatoms. The van der Waals surface area contributed by atoms with Gasteiger partial charge in [-0.05, 0) is 49.9 Å². The molecule has 1 aliphatic heterocycles. The Labute approximate surface area is 148 Å². The Kier molecular flexibility index (Phi) is 5.27. The SMILES string of the molecule is COc1ccc(C2(C(=O)NCCN3CCC[C@H](C(N)=O)C3)CC2)cc1. The third-order valence-corrected chi connectivity index (χ3v) is 5.45. The van der Waals surface area contributed by atoms with Crippen LogP contribution in [0.25, 0.3) is 0 Å². The number of primary amides is 1. The predicted molar refractivity (Wildman–Crippen MR) is 95.3 cm³/mol. The van der Waals surface area contributed by atoms with Crippen molar-refractivity contribution in [1.82, 2.24) is 10.2 Å². The topological polar surface area (TPSA) is 84.7 Å². The molecule has 0 bridgehead atoms. The summed E-state index contributed by atoms with van der Waals surface area (Å²) in [5, 5.41) is 3.08. The number of nitrogens with zero attached hydrogens (tertiary/aromatic N) is 1. The van der Waals surface area contributed by atoms with Crippen molar-refractivity contribution in [2.45, 2.75) is 31.1 Å². The zero-order chi connectivity index (χ0) is 17.9. The van der Waals surface area contributed by atoms with E-state index in [0.717, 1.165) is 50.1 Å². The number of ether oxygens (including phenoxy) is 1. The average molecular weight is 345 g/mol. The van der Waals surface area contributed by atoms with Crippen LogP contribution in [0.4, 0.5) is 0 Å². The van der Waals surface area contributed by atoms with Crippen LogP contribution in [0, 0.1) is 5.92 Å². The van der Waals surface area contributed by atoms with Gasteiger partial charge in [-0.2, -0.15) is 0 Å². The van der Waals surface area contributed by atoms with E-state index in [1.807, 2.05) is 24.3 Å². The molecular formula is C19H27N3O3. The summed E-state index contributed by atoms with van der Waals surface area (Å²) in [5.41, 5.74) is 6.09. The van der Waals surface area contributed by atoms with Gasteiger partial charge < -0.3 is 20.7 Å². The fourth-order valence-electron chi connectivity index (χ4n) is 3.67. The number of likely N-dealkylation sites (tertiary alicyclic amines) is 1. The van der Waals surface area contributed by atoms with Gasteiger partial charge in [-0.15, -0.1) is 0 Å². The number of nitrogens with one attached hydrogen (secondary N) is 1. The number of hydrogen-bond donors (Lipinski definition) is 2. The van der Waals surface area contributed by atoms with Gasteiger partial charge in [0.05, 0.1) is 18.4 Å². The molecule has 1 aliphatic carbocycles. The van der Waals surface area contributed by atoms with Crippen molar-refractivity contribution in [3.8, 4) is 5.75 Å². The summed E-state index contributed by atoms with van der Waals surface area (Å²) in [6, 6.07) is 7.77. The highest BCUT2D eigenvalue weighted by atomic mass is 16.5. The van der Waals surface area contributed by atoms with Gasteiger partial charge >= 0.3 is 0 Å². The van der Waals surface area contributed by atoms with Gasteiger partial charge in [-0.1, -0.05) is 12.1 Å². The normalized spacial score (nSPS) is 22.2. The van der Waals surface area contributed by atoms with Gasteiger partial charge in [-0.3, -0.25) is 9.59 Å². The average Bonchev–Trinajstić information content (AvgIpc) is 3.44. The van der Waals surface area contributed by atoms with Crippen LogP contribution < -0.4 is 15.8 Å². The van der Waals surface area contributed by atoms with Crippen LogP contribution in [0.15, 0.2) is 24.3 Å². The van der Waals surface area contributed by atoms with Crippen LogP contribution in [0.3, 0.4) is 0 Å². The number of carbonyl (C=O) groups excluding carboxylic acids is 2. The van der Waals surface area contributed by atoms with Crippen LogP contribution in [-0.2, 0) is 15.0 Å². The minimum atomic E-state index is -0.371. The zero-order valence-corrected chi connectivity index (χ0v) is 14.8. The second-order valence-electron chi connectivity index (χ2n) is 7.11. The van der Waals surface area contributed by atoms with Gasteiger partial charge in [0.2, 0.25) is 11.8 Å². The maximum absolute atomic E-state index is 12.7. The molecule has 1 heterocycles. The standard InChI is InChI=1S/C19H27N3O3/c1-25-16-6-4-15(5-7-16)19(8-9-19)18(24)21-10-12-22-11-2-3-14(13-22)17(20)23/h4-7,14H,2-3,8-13H2,1H3,(H2,20,23)(H,21,24)/t14-/m0/s1. The number of nitrogens with two attached hydrogens (primary N) is 1. The number of rotatable bonds is 7. The molecule has 0 unspecified atom stereocenters. The highest BCUT2D eigenvalue weighted by Crippen LogP contribution is 2.48. The molecule has 2 amide bonds. The van der Waals surface area contributed by atoms with Crippen molar-refractivity contribution in [3.05, 3.63) is 29.8 Å². The van der Waals surface area contributed by atoms with E-state index in [-0.39, 0.29) is 23.1 Å². The highest BCUT2D eigenvalue weighted by Gasteiger charge is 2.51. The van der Waals surface area contributed by atoms with Crippen LogP contribution in [0.2, 0.25) is 0 Å². The number of methoxy groups -OCH3 is 1. The summed E-state index contributed by atoms with van der Waals surface area (Å²) in [6.07, 6.45) is 3.63. The summed E-state index contributed by atoms with van der Waals surface area (Å²) in [6.45, 7) is 3.02. The molecule has 0 spiro atoms. The number of amides is 2. The van der Waals surface area contributed by atoms with Crippen LogP contribution in [0.5, 0.6) is 5.75 Å².